The van der Waals surface area contributed by atoms with Crippen LogP contribution in [0.3, 0.4) is 0 Å². The van der Waals surface area contributed by atoms with Crippen LogP contribution in [-0.4, -0.2) is 55.8 Å². The third-order valence-electron chi connectivity index (χ3n) is 4.32. The number of hydrogen-bond donors (Lipinski definition) is 1. The number of rotatable bonds is 5. The Morgan fingerprint density at radius 3 is 2.80 bits per heavy atom. The van der Waals surface area contributed by atoms with Crippen molar-refractivity contribution in [3.63, 3.8) is 0 Å². The van der Waals surface area contributed by atoms with Crippen molar-refractivity contribution >= 4 is 22.4 Å². The van der Waals surface area contributed by atoms with Gasteiger partial charge in [-0.3, -0.25) is 0 Å². The second kappa shape index (κ2) is 8.18. The van der Waals surface area contributed by atoms with E-state index in [1.54, 1.807) is 7.11 Å². The summed E-state index contributed by atoms with van der Waals surface area (Å²) < 4.78 is 34.1. The van der Waals surface area contributed by atoms with Crippen LogP contribution in [0.25, 0.3) is 5.69 Å². The highest BCUT2D eigenvalue weighted by Gasteiger charge is 2.30. The highest BCUT2D eigenvalue weighted by Crippen LogP contribution is 2.25. The fourth-order valence-corrected chi connectivity index (χ4v) is 4.39. The quantitative estimate of drug-likeness (QED) is 0.845. The van der Waals surface area contributed by atoms with Gasteiger partial charge in [0.2, 0.25) is 10.0 Å². The number of piperidine rings is 1. The van der Waals surface area contributed by atoms with Gasteiger partial charge in [-0.15, -0.1) is 12.4 Å². The summed E-state index contributed by atoms with van der Waals surface area (Å²) in [5.74, 6) is 0.637. The molecule has 2 heterocycles. The summed E-state index contributed by atoms with van der Waals surface area (Å²) in [5.41, 5.74) is 0.702. The number of hydrogen-bond acceptors (Lipinski definition) is 5. The number of likely N-dealkylation sites (N-methyl/N-ethyl adjacent to an activating group) is 1. The number of methoxy groups -OCH3 is 1. The van der Waals surface area contributed by atoms with Gasteiger partial charge in [0.15, 0.2) is 0 Å². The Hall–Kier alpha value is -1.61. The number of ether oxygens (including phenoxy) is 1. The first-order chi connectivity index (χ1) is 11.6. The molecule has 1 unspecified atom stereocenters. The van der Waals surface area contributed by atoms with Crippen molar-refractivity contribution in [1.29, 1.82) is 0 Å². The Balaban J connectivity index is 0.00000225. The molecule has 0 aliphatic carbocycles. The van der Waals surface area contributed by atoms with Crippen molar-refractivity contribution in [2.75, 3.05) is 27.2 Å². The fourth-order valence-electron chi connectivity index (χ4n) is 2.94. The minimum Gasteiger partial charge on any atom is -0.494 e. The van der Waals surface area contributed by atoms with Crippen LogP contribution in [0.2, 0.25) is 0 Å². The topological polar surface area (TPSA) is 76.5 Å². The van der Waals surface area contributed by atoms with Crippen molar-refractivity contribution in [2.24, 2.45) is 0 Å². The summed E-state index contributed by atoms with van der Waals surface area (Å²) in [6, 6.07) is 7.55. The molecule has 1 atom stereocenters. The molecule has 1 aliphatic rings. The first-order valence-electron chi connectivity index (χ1n) is 7.91. The van der Waals surface area contributed by atoms with Crippen LogP contribution >= 0.6 is 12.4 Å². The van der Waals surface area contributed by atoms with E-state index in [0.29, 0.717) is 24.5 Å². The van der Waals surface area contributed by atoms with Crippen molar-refractivity contribution in [2.45, 2.75) is 23.8 Å². The number of nitrogens with zero attached hydrogens (tertiary/aromatic N) is 3. The maximum absolute atomic E-state index is 12.9. The lowest BCUT2D eigenvalue weighted by Crippen LogP contribution is -2.46. The fraction of sp³-hybridized carbons (Fsp3) is 0.438. The molecular weight excluding hydrogens is 364 g/mol. The van der Waals surface area contributed by atoms with Gasteiger partial charge in [-0.25, -0.2) is 13.1 Å². The highest BCUT2D eigenvalue weighted by atomic mass is 35.5. The largest absolute Gasteiger partial charge is 0.494 e. The summed E-state index contributed by atoms with van der Waals surface area (Å²) in [5, 5.41) is 7.37. The summed E-state index contributed by atoms with van der Waals surface area (Å²) in [6.45, 7) is 1.03. The maximum atomic E-state index is 12.9. The van der Waals surface area contributed by atoms with Crippen molar-refractivity contribution in [1.82, 2.24) is 19.4 Å². The SMILES string of the molecule is CNC1CCCN(S(=O)(=O)c2cnn(-c3ccccc3OC)c2)C1.Cl. The molecular formula is C16H23ClN4O3S. The van der Waals surface area contributed by atoms with E-state index >= 15 is 0 Å². The van der Waals surface area contributed by atoms with Crippen molar-refractivity contribution in [3.8, 4) is 11.4 Å². The molecule has 3 rings (SSSR count). The van der Waals surface area contributed by atoms with Gasteiger partial charge in [-0.05, 0) is 32.0 Å². The molecule has 9 heteroatoms. The van der Waals surface area contributed by atoms with E-state index in [1.807, 2.05) is 31.3 Å². The normalized spacial score (nSPS) is 18.6. The Labute approximate surface area is 154 Å². The smallest absolute Gasteiger partial charge is 0.246 e. The predicted molar refractivity (Wildman–Crippen MR) is 98.2 cm³/mol. The second-order valence-corrected chi connectivity index (χ2v) is 7.72. The molecule has 1 aromatic heterocycles. The van der Waals surface area contributed by atoms with E-state index < -0.39 is 10.0 Å². The number of aromatic nitrogens is 2. The summed E-state index contributed by atoms with van der Waals surface area (Å²) in [7, 11) is -0.106. The highest BCUT2D eigenvalue weighted by molar-refractivity contribution is 7.89. The average Bonchev–Trinajstić information content (AvgIpc) is 3.12. The third-order valence-corrected chi connectivity index (χ3v) is 6.14. The summed E-state index contributed by atoms with van der Waals surface area (Å²) in [6.07, 6.45) is 4.77. The molecule has 0 bridgehead atoms. The van der Waals surface area contributed by atoms with Gasteiger partial charge in [0.25, 0.3) is 0 Å². The molecule has 1 N–H and O–H groups in total. The van der Waals surface area contributed by atoms with Crippen LogP contribution in [0.4, 0.5) is 0 Å². The molecule has 0 radical (unpaired) electrons. The second-order valence-electron chi connectivity index (χ2n) is 5.78. The maximum Gasteiger partial charge on any atom is 0.246 e. The van der Waals surface area contributed by atoms with Gasteiger partial charge >= 0.3 is 0 Å². The number of halogens is 1. The Morgan fingerprint density at radius 1 is 1.32 bits per heavy atom. The lowest BCUT2D eigenvalue weighted by Gasteiger charge is -2.31. The minimum atomic E-state index is -3.54. The van der Waals surface area contributed by atoms with Crippen molar-refractivity contribution < 1.29 is 13.2 Å². The van der Waals surface area contributed by atoms with E-state index in [1.165, 1.54) is 21.4 Å². The minimum absolute atomic E-state index is 0. The standard InChI is InChI=1S/C16H22N4O3S.ClH/c1-17-13-6-5-9-19(11-13)24(21,22)14-10-18-20(12-14)15-7-3-4-8-16(15)23-2;/h3-4,7-8,10,12-13,17H,5-6,9,11H2,1-2H3;1H. The molecule has 2 aromatic rings. The average molecular weight is 387 g/mol. The van der Waals surface area contributed by atoms with Crippen LogP contribution in [0, 0.1) is 0 Å². The van der Waals surface area contributed by atoms with Crippen LogP contribution in [0.15, 0.2) is 41.6 Å². The van der Waals surface area contributed by atoms with Crippen LogP contribution in [0.1, 0.15) is 12.8 Å². The Bertz CT molecular complexity index is 809. The van der Waals surface area contributed by atoms with E-state index in [9.17, 15) is 8.42 Å². The Kier molecular flexibility index (Phi) is 6.45. The molecule has 1 aliphatic heterocycles. The van der Waals surface area contributed by atoms with Gasteiger partial charge in [0.1, 0.15) is 16.3 Å². The first-order valence-corrected chi connectivity index (χ1v) is 9.35. The third kappa shape index (κ3) is 3.98. The monoisotopic (exact) mass is 386 g/mol. The van der Waals surface area contributed by atoms with E-state index in [4.69, 9.17) is 4.74 Å². The van der Waals surface area contributed by atoms with E-state index in [2.05, 4.69) is 10.4 Å². The number of benzene rings is 1. The molecule has 0 saturated carbocycles. The van der Waals surface area contributed by atoms with Gasteiger partial charge in [0.05, 0.1) is 19.5 Å². The number of nitrogens with one attached hydrogen (secondary N) is 1. The molecule has 25 heavy (non-hydrogen) atoms. The molecule has 7 nitrogen and oxygen atoms in total. The molecule has 1 saturated heterocycles. The van der Waals surface area contributed by atoms with Gasteiger partial charge in [0, 0.05) is 19.1 Å². The van der Waals surface area contributed by atoms with Gasteiger partial charge in [-0.2, -0.15) is 9.40 Å². The van der Waals surface area contributed by atoms with Gasteiger partial charge < -0.3 is 10.1 Å². The summed E-state index contributed by atoms with van der Waals surface area (Å²) >= 11 is 0. The van der Waals surface area contributed by atoms with E-state index in [0.717, 1.165) is 12.8 Å². The number of para-hydroxylation sites is 2. The summed E-state index contributed by atoms with van der Waals surface area (Å²) in [4.78, 5) is 0.199. The van der Waals surface area contributed by atoms with Crippen molar-refractivity contribution in [3.05, 3.63) is 36.7 Å². The molecule has 1 aromatic carbocycles. The molecule has 0 spiro atoms. The molecule has 1 fully saturated rings. The molecule has 138 valence electrons. The zero-order valence-corrected chi connectivity index (χ0v) is 15.9. The zero-order chi connectivity index (χ0) is 17.2. The predicted octanol–water partition coefficient (Wildman–Crippen LogP) is 1.68. The van der Waals surface area contributed by atoms with Crippen LogP contribution < -0.4 is 10.1 Å². The van der Waals surface area contributed by atoms with Gasteiger partial charge in [-0.1, -0.05) is 12.1 Å². The Morgan fingerprint density at radius 2 is 2.08 bits per heavy atom. The zero-order valence-electron chi connectivity index (χ0n) is 14.3. The van der Waals surface area contributed by atoms with E-state index in [-0.39, 0.29) is 23.3 Å². The first kappa shape index (κ1) is 19.7. The lowest BCUT2D eigenvalue weighted by atomic mass is 10.1. The molecule has 0 amide bonds. The van der Waals surface area contributed by atoms with Crippen LogP contribution in [-0.2, 0) is 10.0 Å². The number of sulfonamides is 1. The van der Waals surface area contributed by atoms with Crippen LogP contribution in [0.5, 0.6) is 5.75 Å². The lowest BCUT2D eigenvalue weighted by molar-refractivity contribution is 0.293.